The number of hydrogen-bond acceptors (Lipinski definition) is 6. The van der Waals surface area contributed by atoms with Gasteiger partial charge in [-0.1, -0.05) is 35.5 Å². The van der Waals surface area contributed by atoms with Crippen LogP contribution in [0.2, 0.25) is 0 Å². The molecule has 1 atom stereocenters. The molecule has 0 bridgehead atoms. The Morgan fingerprint density at radius 2 is 1.88 bits per heavy atom. The van der Waals surface area contributed by atoms with Crippen molar-refractivity contribution < 1.29 is 9.26 Å². The van der Waals surface area contributed by atoms with E-state index in [0.717, 1.165) is 16.8 Å². The molecule has 128 valence electrons. The average Bonchev–Trinajstić information content (AvgIpc) is 3.36. The number of ether oxygens (including phenoxy) is 1. The highest BCUT2D eigenvalue weighted by molar-refractivity contribution is 5.58. The zero-order chi connectivity index (χ0) is 17.3. The highest BCUT2D eigenvalue weighted by atomic mass is 16.5. The van der Waals surface area contributed by atoms with Gasteiger partial charge in [-0.05, 0) is 17.7 Å². The summed E-state index contributed by atoms with van der Waals surface area (Å²) in [5.41, 5.74) is 3.63. The van der Waals surface area contributed by atoms with Gasteiger partial charge < -0.3 is 13.8 Å². The van der Waals surface area contributed by atoms with Crippen molar-refractivity contribution in [2.45, 2.75) is 19.3 Å². The third kappa shape index (κ3) is 2.58. The Kier molecular flexibility index (Phi) is 3.57. The molecule has 0 saturated heterocycles. The minimum absolute atomic E-state index is 0.0146. The minimum Gasteiger partial charge on any atom is -0.365 e. The SMILES string of the molecule is c1ccc([C@H]2Cn3cnc(-c4nc(-c5ccncc5)no4)c3CO2)cc1. The molecule has 0 fully saturated rings. The second-order valence-corrected chi connectivity index (χ2v) is 6.06. The van der Waals surface area contributed by atoms with Gasteiger partial charge in [0, 0.05) is 18.0 Å². The van der Waals surface area contributed by atoms with E-state index in [-0.39, 0.29) is 6.10 Å². The highest BCUT2D eigenvalue weighted by Crippen LogP contribution is 2.31. The van der Waals surface area contributed by atoms with Crippen LogP contribution in [-0.4, -0.2) is 24.7 Å². The summed E-state index contributed by atoms with van der Waals surface area (Å²) < 4.78 is 13.6. The van der Waals surface area contributed by atoms with E-state index < -0.39 is 0 Å². The zero-order valence-corrected chi connectivity index (χ0v) is 13.8. The van der Waals surface area contributed by atoms with Gasteiger partial charge in [-0.15, -0.1) is 0 Å². The van der Waals surface area contributed by atoms with Gasteiger partial charge in [0.15, 0.2) is 5.69 Å². The van der Waals surface area contributed by atoms with Crippen molar-refractivity contribution in [2.24, 2.45) is 0 Å². The van der Waals surface area contributed by atoms with Gasteiger partial charge in [0.1, 0.15) is 6.10 Å². The molecule has 0 spiro atoms. The first-order chi connectivity index (χ1) is 12.9. The fourth-order valence-electron chi connectivity index (χ4n) is 3.11. The monoisotopic (exact) mass is 345 g/mol. The molecule has 7 nitrogen and oxygen atoms in total. The maximum absolute atomic E-state index is 6.04. The third-order valence-corrected chi connectivity index (χ3v) is 4.47. The van der Waals surface area contributed by atoms with E-state index in [1.807, 2.05) is 30.3 Å². The van der Waals surface area contributed by atoms with Crippen LogP contribution in [0.25, 0.3) is 23.0 Å². The van der Waals surface area contributed by atoms with Crippen molar-refractivity contribution in [2.75, 3.05) is 0 Å². The van der Waals surface area contributed by atoms with E-state index in [1.165, 1.54) is 0 Å². The normalized spacial score (nSPS) is 16.4. The van der Waals surface area contributed by atoms with E-state index in [4.69, 9.17) is 9.26 Å². The van der Waals surface area contributed by atoms with Crippen molar-refractivity contribution in [1.82, 2.24) is 24.7 Å². The summed E-state index contributed by atoms with van der Waals surface area (Å²) in [4.78, 5) is 12.9. The standard InChI is InChI=1S/C19H15N5O2/c1-2-4-13(5-3-1)16-10-24-12-21-17(15(24)11-25-16)19-22-18(23-26-19)14-6-8-20-9-7-14/h1-9,12,16H,10-11H2/t16-/m1/s1. The van der Waals surface area contributed by atoms with Gasteiger partial charge in [-0.3, -0.25) is 4.98 Å². The molecule has 1 aliphatic rings. The molecule has 1 aliphatic heterocycles. The summed E-state index contributed by atoms with van der Waals surface area (Å²) in [5.74, 6) is 0.912. The molecule has 0 radical (unpaired) electrons. The Balaban J connectivity index is 1.43. The lowest BCUT2D eigenvalue weighted by Gasteiger charge is -2.25. The van der Waals surface area contributed by atoms with Crippen molar-refractivity contribution in [3.05, 3.63) is 72.4 Å². The first-order valence-corrected chi connectivity index (χ1v) is 8.33. The molecule has 7 heteroatoms. The van der Waals surface area contributed by atoms with Gasteiger partial charge in [0.25, 0.3) is 5.89 Å². The summed E-state index contributed by atoms with van der Waals surface area (Å²) in [6.07, 6.45) is 5.21. The Labute approximate surface area is 149 Å². The van der Waals surface area contributed by atoms with Crippen LogP contribution in [-0.2, 0) is 17.9 Å². The van der Waals surface area contributed by atoms with E-state index in [0.29, 0.717) is 30.6 Å². The molecule has 0 N–H and O–H groups in total. The van der Waals surface area contributed by atoms with E-state index >= 15 is 0 Å². The van der Waals surface area contributed by atoms with Crippen molar-refractivity contribution in [3.63, 3.8) is 0 Å². The van der Waals surface area contributed by atoms with Crippen LogP contribution in [0.15, 0.2) is 65.7 Å². The fraction of sp³-hybridized carbons (Fsp3) is 0.158. The molecular formula is C19H15N5O2. The van der Waals surface area contributed by atoms with Gasteiger partial charge in [-0.2, -0.15) is 4.98 Å². The molecule has 4 aromatic rings. The third-order valence-electron chi connectivity index (χ3n) is 4.47. The summed E-state index contributed by atoms with van der Waals surface area (Å²) in [6.45, 7) is 1.15. The molecule has 3 aromatic heterocycles. The van der Waals surface area contributed by atoms with Gasteiger partial charge in [0.05, 0.1) is 25.2 Å². The number of fused-ring (bicyclic) bond motifs is 1. The van der Waals surface area contributed by atoms with Crippen LogP contribution in [0, 0.1) is 0 Å². The highest BCUT2D eigenvalue weighted by Gasteiger charge is 2.26. The molecule has 0 amide bonds. The van der Waals surface area contributed by atoms with Crippen molar-refractivity contribution in [1.29, 1.82) is 0 Å². The fourth-order valence-corrected chi connectivity index (χ4v) is 3.11. The predicted octanol–water partition coefficient (Wildman–Crippen LogP) is 3.27. The Hall–Kier alpha value is -3.32. The van der Waals surface area contributed by atoms with E-state index in [1.54, 1.807) is 18.7 Å². The largest absolute Gasteiger partial charge is 0.365 e. The maximum Gasteiger partial charge on any atom is 0.278 e. The summed E-state index contributed by atoms with van der Waals surface area (Å²) in [5, 5.41) is 4.05. The number of nitrogens with zero attached hydrogens (tertiary/aromatic N) is 5. The number of rotatable bonds is 3. The smallest absolute Gasteiger partial charge is 0.278 e. The van der Waals surface area contributed by atoms with Crippen LogP contribution < -0.4 is 0 Å². The summed E-state index contributed by atoms with van der Waals surface area (Å²) in [7, 11) is 0. The van der Waals surface area contributed by atoms with E-state index in [9.17, 15) is 0 Å². The molecule has 1 aromatic carbocycles. The number of hydrogen-bond donors (Lipinski definition) is 0. The number of aromatic nitrogens is 5. The molecular weight excluding hydrogens is 330 g/mol. The lowest BCUT2D eigenvalue weighted by Crippen LogP contribution is -2.20. The van der Waals surface area contributed by atoms with Crippen LogP contribution in [0.3, 0.4) is 0 Å². The van der Waals surface area contributed by atoms with Gasteiger partial charge in [-0.25, -0.2) is 4.98 Å². The topological polar surface area (TPSA) is 78.9 Å². The first kappa shape index (κ1) is 15.0. The van der Waals surface area contributed by atoms with Crippen LogP contribution in [0.1, 0.15) is 17.4 Å². The van der Waals surface area contributed by atoms with Crippen molar-refractivity contribution >= 4 is 0 Å². The maximum atomic E-state index is 6.04. The lowest BCUT2D eigenvalue weighted by atomic mass is 10.1. The van der Waals surface area contributed by atoms with Crippen molar-refractivity contribution in [3.8, 4) is 23.0 Å². The molecule has 5 rings (SSSR count). The average molecular weight is 345 g/mol. The number of imidazole rings is 1. The van der Waals surface area contributed by atoms with Gasteiger partial charge in [0.2, 0.25) is 5.82 Å². The number of benzene rings is 1. The summed E-state index contributed by atoms with van der Waals surface area (Å²) in [6, 6.07) is 13.9. The second-order valence-electron chi connectivity index (χ2n) is 6.06. The molecule has 0 saturated carbocycles. The Morgan fingerprint density at radius 1 is 1.04 bits per heavy atom. The Morgan fingerprint density at radius 3 is 2.73 bits per heavy atom. The Bertz CT molecular complexity index is 1030. The van der Waals surface area contributed by atoms with E-state index in [2.05, 4.69) is 36.8 Å². The predicted molar refractivity (Wildman–Crippen MR) is 92.7 cm³/mol. The van der Waals surface area contributed by atoms with Gasteiger partial charge >= 0.3 is 0 Å². The molecule has 4 heterocycles. The minimum atomic E-state index is 0.0146. The van der Waals surface area contributed by atoms with Crippen LogP contribution in [0.5, 0.6) is 0 Å². The van der Waals surface area contributed by atoms with Crippen LogP contribution in [0.4, 0.5) is 0 Å². The molecule has 0 unspecified atom stereocenters. The molecule has 0 aliphatic carbocycles. The number of pyridine rings is 1. The first-order valence-electron chi connectivity index (χ1n) is 8.33. The zero-order valence-electron chi connectivity index (χ0n) is 13.8. The van der Waals surface area contributed by atoms with Crippen LogP contribution >= 0.6 is 0 Å². The summed E-state index contributed by atoms with van der Waals surface area (Å²) >= 11 is 0. The lowest BCUT2D eigenvalue weighted by molar-refractivity contribution is 0.00330. The molecule has 26 heavy (non-hydrogen) atoms. The quantitative estimate of drug-likeness (QED) is 0.567. The second kappa shape index (κ2) is 6.20.